The van der Waals surface area contributed by atoms with Gasteiger partial charge in [0.25, 0.3) is 0 Å². The van der Waals surface area contributed by atoms with Crippen LogP contribution in [0.3, 0.4) is 0 Å². The summed E-state index contributed by atoms with van der Waals surface area (Å²) in [5, 5.41) is 0. The molecular formula is C13H21N3. The van der Waals surface area contributed by atoms with Crippen LogP contribution in [0.15, 0.2) is 24.4 Å². The van der Waals surface area contributed by atoms with Crippen LogP contribution in [-0.2, 0) is 6.42 Å². The van der Waals surface area contributed by atoms with Crippen molar-refractivity contribution < 1.29 is 0 Å². The maximum Gasteiger partial charge on any atom is 0.0404 e. The molecule has 3 heteroatoms. The molecule has 1 aliphatic heterocycles. The van der Waals surface area contributed by atoms with Gasteiger partial charge in [0.1, 0.15) is 0 Å². The highest BCUT2D eigenvalue weighted by atomic mass is 15.2. The van der Waals surface area contributed by atoms with Gasteiger partial charge in [0.15, 0.2) is 0 Å². The first-order valence-electron chi connectivity index (χ1n) is 6.15. The van der Waals surface area contributed by atoms with Crippen molar-refractivity contribution in [2.75, 3.05) is 39.8 Å². The number of hydrogen-bond acceptors (Lipinski definition) is 3. The molecule has 0 aromatic carbocycles. The van der Waals surface area contributed by atoms with Crippen molar-refractivity contribution in [1.29, 1.82) is 0 Å². The lowest BCUT2D eigenvalue weighted by Gasteiger charge is -2.32. The molecule has 0 radical (unpaired) electrons. The largest absolute Gasteiger partial charge is 0.304 e. The zero-order chi connectivity index (χ0) is 11.2. The Hall–Kier alpha value is -0.930. The topological polar surface area (TPSA) is 19.4 Å². The van der Waals surface area contributed by atoms with Crippen LogP contribution >= 0.6 is 0 Å². The SMILES string of the molecule is CN1CCN(CCCc2ccccn2)CC1. The van der Waals surface area contributed by atoms with Gasteiger partial charge in [-0.2, -0.15) is 0 Å². The third kappa shape index (κ3) is 3.58. The summed E-state index contributed by atoms with van der Waals surface area (Å²) in [7, 11) is 2.20. The summed E-state index contributed by atoms with van der Waals surface area (Å²) in [4.78, 5) is 9.30. The molecule has 0 amide bonds. The predicted molar refractivity (Wildman–Crippen MR) is 66.5 cm³/mol. The molecule has 0 unspecified atom stereocenters. The van der Waals surface area contributed by atoms with E-state index in [1.807, 2.05) is 12.3 Å². The fraction of sp³-hybridized carbons (Fsp3) is 0.615. The normalized spacial score (nSPS) is 18.8. The van der Waals surface area contributed by atoms with Crippen LogP contribution in [0.4, 0.5) is 0 Å². The fourth-order valence-electron chi connectivity index (χ4n) is 2.10. The zero-order valence-electron chi connectivity index (χ0n) is 10.1. The van der Waals surface area contributed by atoms with Crippen molar-refractivity contribution in [2.45, 2.75) is 12.8 Å². The third-order valence-electron chi connectivity index (χ3n) is 3.23. The van der Waals surface area contributed by atoms with Crippen LogP contribution in [0.2, 0.25) is 0 Å². The molecule has 0 N–H and O–H groups in total. The summed E-state index contributed by atoms with van der Waals surface area (Å²) in [5.41, 5.74) is 1.22. The van der Waals surface area contributed by atoms with E-state index in [4.69, 9.17) is 0 Å². The molecule has 1 aliphatic rings. The van der Waals surface area contributed by atoms with Crippen molar-refractivity contribution in [3.63, 3.8) is 0 Å². The second-order valence-corrected chi connectivity index (χ2v) is 4.57. The van der Waals surface area contributed by atoms with E-state index in [9.17, 15) is 0 Å². The Morgan fingerprint density at radius 2 is 2.00 bits per heavy atom. The van der Waals surface area contributed by atoms with Crippen LogP contribution in [0, 0.1) is 0 Å². The Morgan fingerprint density at radius 3 is 2.69 bits per heavy atom. The Balaban J connectivity index is 1.65. The molecule has 1 aromatic heterocycles. The molecular weight excluding hydrogens is 198 g/mol. The highest BCUT2D eigenvalue weighted by molar-refractivity contribution is 5.03. The Labute approximate surface area is 98.1 Å². The highest BCUT2D eigenvalue weighted by Crippen LogP contribution is 2.03. The van der Waals surface area contributed by atoms with Gasteiger partial charge in [0.2, 0.25) is 0 Å². The molecule has 1 aromatic rings. The first-order chi connectivity index (χ1) is 7.84. The first kappa shape index (κ1) is 11.6. The smallest absolute Gasteiger partial charge is 0.0404 e. The fourth-order valence-corrected chi connectivity index (χ4v) is 2.10. The van der Waals surface area contributed by atoms with Crippen LogP contribution in [0.1, 0.15) is 12.1 Å². The van der Waals surface area contributed by atoms with Crippen molar-refractivity contribution in [3.8, 4) is 0 Å². The van der Waals surface area contributed by atoms with E-state index >= 15 is 0 Å². The molecule has 88 valence electrons. The molecule has 0 saturated carbocycles. The Morgan fingerprint density at radius 1 is 1.19 bits per heavy atom. The molecule has 1 saturated heterocycles. The van der Waals surface area contributed by atoms with Gasteiger partial charge in [-0.3, -0.25) is 4.98 Å². The number of likely N-dealkylation sites (N-methyl/N-ethyl adjacent to an activating group) is 1. The number of aromatic nitrogens is 1. The quantitative estimate of drug-likeness (QED) is 0.760. The van der Waals surface area contributed by atoms with Crippen LogP contribution in [0.5, 0.6) is 0 Å². The molecule has 2 heterocycles. The second kappa shape index (κ2) is 5.97. The monoisotopic (exact) mass is 219 g/mol. The van der Waals surface area contributed by atoms with Crippen molar-refractivity contribution in [2.24, 2.45) is 0 Å². The van der Waals surface area contributed by atoms with E-state index in [0.29, 0.717) is 0 Å². The van der Waals surface area contributed by atoms with Gasteiger partial charge in [-0.05, 0) is 38.6 Å². The summed E-state index contributed by atoms with van der Waals surface area (Å²) in [6, 6.07) is 6.16. The van der Waals surface area contributed by atoms with Gasteiger partial charge in [0.05, 0.1) is 0 Å². The maximum atomic E-state index is 4.35. The van der Waals surface area contributed by atoms with E-state index in [2.05, 4.69) is 34.0 Å². The number of hydrogen-bond donors (Lipinski definition) is 0. The van der Waals surface area contributed by atoms with E-state index in [1.165, 1.54) is 44.8 Å². The van der Waals surface area contributed by atoms with Gasteiger partial charge in [-0.25, -0.2) is 0 Å². The number of nitrogens with zero attached hydrogens (tertiary/aromatic N) is 3. The minimum absolute atomic E-state index is 1.10. The average Bonchev–Trinajstić information content (AvgIpc) is 2.33. The van der Waals surface area contributed by atoms with Crippen molar-refractivity contribution >= 4 is 0 Å². The van der Waals surface area contributed by atoms with E-state index in [-0.39, 0.29) is 0 Å². The molecule has 2 rings (SSSR count). The minimum Gasteiger partial charge on any atom is -0.304 e. The van der Waals surface area contributed by atoms with Gasteiger partial charge >= 0.3 is 0 Å². The summed E-state index contributed by atoms with van der Waals surface area (Å²) >= 11 is 0. The standard InChI is InChI=1S/C13H21N3/c1-15-9-11-16(12-10-15)8-4-6-13-5-2-3-7-14-13/h2-3,5,7H,4,6,8-12H2,1H3. The minimum atomic E-state index is 1.10. The summed E-state index contributed by atoms with van der Waals surface area (Å²) < 4.78 is 0. The van der Waals surface area contributed by atoms with Gasteiger partial charge in [0, 0.05) is 38.1 Å². The number of aryl methyl sites for hydroxylation is 1. The molecule has 0 atom stereocenters. The Kier molecular flexibility index (Phi) is 4.31. The summed E-state index contributed by atoms with van der Waals surface area (Å²) in [5.74, 6) is 0. The first-order valence-corrected chi connectivity index (χ1v) is 6.15. The lowest BCUT2D eigenvalue weighted by atomic mass is 10.2. The molecule has 16 heavy (non-hydrogen) atoms. The van der Waals surface area contributed by atoms with Gasteiger partial charge < -0.3 is 9.80 Å². The zero-order valence-corrected chi connectivity index (χ0v) is 10.1. The average molecular weight is 219 g/mol. The maximum absolute atomic E-state index is 4.35. The number of piperazine rings is 1. The van der Waals surface area contributed by atoms with E-state index in [1.54, 1.807) is 0 Å². The van der Waals surface area contributed by atoms with Crippen LogP contribution < -0.4 is 0 Å². The van der Waals surface area contributed by atoms with Crippen molar-refractivity contribution in [3.05, 3.63) is 30.1 Å². The van der Waals surface area contributed by atoms with Crippen LogP contribution in [0.25, 0.3) is 0 Å². The molecule has 0 spiro atoms. The van der Waals surface area contributed by atoms with Gasteiger partial charge in [-0.1, -0.05) is 6.07 Å². The molecule has 0 aliphatic carbocycles. The predicted octanol–water partition coefficient (Wildman–Crippen LogP) is 1.26. The number of pyridine rings is 1. The van der Waals surface area contributed by atoms with Gasteiger partial charge in [-0.15, -0.1) is 0 Å². The lowest BCUT2D eigenvalue weighted by molar-refractivity contribution is 0.153. The van der Waals surface area contributed by atoms with E-state index in [0.717, 1.165) is 6.42 Å². The highest BCUT2D eigenvalue weighted by Gasteiger charge is 2.12. The summed E-state index contributed by atoms with van der Waals surface area (Å²) in [6.07, 6.45) is 4.21. The molecule has 0 bridgehead atoms. The summed E-state index contributed by atoms with van der Waals surface area (Å²) in [6.45, 7) is 6.08. The molecule has 1 fully saturated rings. The Bertz CT molecular complexity index is 291. The molecule has 3 nitrogen and oxygen atoms in total. The number of rotatable bonds is 4. The van der Waals surface area contributed by atoms with E-state index < -0.39 is 0 Å². The lowest BCUT2D eigenvalue weighted by Crippen LogP contribution is -2.44. The van der Waals surface area contributed by atoms with Crippen LogP contribution in [-0.4, -0.2) is 54.6 Å². The second-order valence-electron chi connectivity index (χ2n) is 4.57. The van der Waals surface area contributed by atoms with Crippen molar-refractivity contribution in [1.82, 2.24) is 14.8 Å². The third-order valence-corrected chi connectivity index (χ3v) is 3.23.